The summed E-state index contributed by atoms with van der Waals surface area (Å²) in [7, 11) is 0. The van der Waals surface area contributed by atoms with Crippen molar-refractivity contribution in [2.45, 2.75) is 23.2 Å². The van der Waals surface area contributed by atoms with Gasteiger partial charge in [-0.25, -0.2) is 9.59 Å². The molecule has 0 aromatic heterocycles. The van der Waals surface area contributed by atoms with E-state index in [4.69, 9.17) is 5.11 Å². The average Bonchev–Trinajstić information content (AvgIpc) is 2.84. The first-order chi connectivity index (χ1) is 17.3. The highest BCUT2D eigenvalue weighted by Crippen LogP contribution is 2.31. The summed E-state index contributed by atoms with van der Waals surface area (Å²) in [5.74, 6) is -4.06. The van der Waals surface area contributed by atoms with Crippen LogP contribution in [0.4, 0.5) is 24.5 Å². The number of carboxylic acids is 2. The monoisotopic (exact) mass is 532 g/mol. The fourth-order valence-electron chi connectivity index (χ4n) is 3.14. The molecular formula is C25H19F3N2O6S. The number of nitrogens with one attached hydrogen (secondary N) is 2. The van der Waals surface area contributed by atoms with Gasteiger partial charge in [-0.2, -0.15) is 13.2 Å². The lowest BCUT2D eigenvalue weighted by Gasteiger charge is -2.14. The van der Waals surface area contributed by atoms with Crippen molar-refractivity contribution in [2.75, 3.05) is 10.6 Å². The lowest BCUT2D eigenvalue weighted by atomic mass is 10.0. The first-order valence-electron chi connectivity index (χ1n) is 10.5. The predicted molar refractivity (Wildman–Crippen MR) is 130 cm³/mol. The van der Waals surface area contributed by atoms with E-state index in [0.717, 1.165) is 42.1 Å². The van der Waals surface area contributed by atoms with Gasteiger partial charge in [0.25, 0.3) is 5.91 Å². The van der Waals surface area contributed by atoms with Crippen LogP contribution >= 0.6 is 11.8 Å². The molecule has 0 fully saturated rings. The number of benzene rings is 3. The van der Waals surface area contributed by atoms with Crippen molar-refractivity contribution in [3.8, 4) is 0 Å². The van der Waals surface area contributed by atoms with Crippen molar-refractivity contribution < 1.29 is 42.6 Å². The molecule has 4 N–H and O–H groups in total. The summed E-state index contributed by atoms with van der Waals surface area (Å²) in [5, 5.41) is 22.7. The van der Waals surface area contributed by atoms with Crippen molar-refractivity contribution in [1.29, 1.82) is 0 Å². The molecule has 37 heavy (non-hydrogen) atoms. The minimum Gasteiger partial charge on any atom is -0.478 e. The van der Waals surface area contributed by atoms with E-state index in [1.165, 1.54) is 24.3 Å². The first-order valence-corrected chi connectivity index (χ1v) is 11.4. The number of amides is 2. The molecule has 12 heteroatoms. The molecule has 8 nitrogen and oxygen atoms in total. The maximum atomic E-state index is 12.9. The maximum absolute atomic E-state index is 12.9. The van der Waals surface area contributed by atoms with Crippen LogP contribution in [0.3, 0.4) is 0 Å². The van der Waals surface area contributed by atoms with Gasteiger partial charge in [-0.15, -0.1) is 11.8 Å². The second-order valence-electron chi connectivity index (χ2n) is 7.68. The third kappa shape index (κ3) is 7.10. The number of carbonyl (C=O) groups excluding carboxylic acids is 2. The fourth-order valence-corrected chi connectivity index (χ4v) is 4.01. The number of aromatic carboxylic acids is 2. The number of carbonyl (C=O) groups is 4. The number of hydrogen-bond acceptors (Lipinski definition) is 5. The Morgan fingerprint density at radius 1 is 0.811 bits per heavy atom. The summed E-state index contributed by atoms with van der Waals surface area (Å²) in [4.78, 5) is 48.2. The largest absolute Gasteiger partial charge is 0.478 e. The van der Waals surface area contributed by atoms with Gasteiger partial charge in [0.2, 0.25) is 5.91 Å². The third-order valence-electron chi connectivity index (χ3n) is 4.99. The third-order valence-corrected chi connectivity index (χ3v) is 6.11. The zero-order chi connectivity index (χ0) is 27.3. The first kappa shape index (κ1) is 27.3. The standard InChI is InChI=1S/C25H19F3N2O6S/c1-13(21(31)30-17-4-2-3-15(12-17)25(26,27)28)37-18-8-6-16(7-9-18)29-22(32)19-10-5-14(23(33)34)11-20(19)24(35)36/h2-13H,1H3,(H,29,32)(H,30,31)(H,33,34)(H,35,36). The van der Waals surface area contributed by atoms with Crippen molar-refractivity contribution in [3.05, 3.63) is 89.0 Å². The van der Waals surface area contributed by atoms with E-state index in [1.807, 2.05) is 0 Å². The van der Waals surface area contributed by atoms with E-state index in [-0.39, 0.29) is 16.8 Å². The van der Waals surface area contributed by atoms with Crippen LogP contribution in [0.25, 0.3) is 0 Å². The Morgan fingerprint density at radius 3 is 2.08 bits per heavy atom. The Hall–Kier alpha value is -4.32. The molecule has 1 unspecified atom stereocenters. The molecule has 0 saturated carbocycles. The maximum Gasteiger partial charge on any atom is 0.416 e. The molecule has 0 aliphatic heterocycles. The molecule has 1 atom stereocenters. The molecule has 0 heterocycles. The van der Waals surface area contributed by atoms with Gasteiger partial charge in [-0.05, 0) is 67.6 Å². The summed E-state index contributed by atoms with van der Waals surface area (Å²) in [5.41, 5.74) is -1.52. The topological polar surface area (TPSA) is 133 Å². The Labute approximate surface area is 212 Å². The smallest absolute Gasteiger partial charge is 0.416 e. The van der Waals surface area contributed by atoms with E-state index in [1.54, 1.807) is 19.1 Å². The van der Waals surface area contributed by atoms with Crippen LogP contribution in [0.5, 0.6) is 0 Å². The highest BCUT2D eigenvalue weighted by Gasteiger charge is 2.30. The van der Waals surface area contributed by atoms with E-state index >= 15 is 0 Å². The van der Waals surface area contributed by atoms with E-state index in [9.17, 15) is 37.5 Å². The molecular weight excluding hydrogens is 513 g/mol. The van der Waals surface area contributed by atoms with Gasteiger partial charge in [0.15, 0.2) is 0 Å². The van der Waals surface area contributed by atoms with Gasteiger partial charge in [0.1, 0.15) is 0 Å². The molecule has 0 bridgehead atoms. The van der Waals surface area contributed by atoms with Gasteiger partial charge in [0.05, 0.1) is 27.5 Å². The van der Waals surface area contributed by atoms with Gasteiger partial charge < -0.3 is 20.8 Å². The van der Waals surface area contributed by atoms with Crippen LogP contribution in [0.2, 0.25) is 0 Å². The summed E-state index contributed by atoms with van der Waals surface area (Å²) >= 11 is 1.13. The highest BCUT2D eigenvalue weighted by atomic mass is 32.2. The zero-order valence-corrected chi connectivity index (χ0v) is 19.8. The molecule has 0 aliphatic carbocycles. The summed E-state index contributed by atoms with van der Waals surface area (Å²) in [6.07, 6.45) is -4.53. The van der Waals surface area contributed by atoms with E-state index in [2.05, 4.69) is 10.6 Å². The Balaban J connectivity index is 1.64. The van der Waals surface area contributed by atoms with E-state index < -0.39 is 46.3 Å². The number of rotatable bonds is 8. The summed E-state index contributed by atoms with van der Waals surface area (Å²) in [6.45, 7) is 1.58. The molecule has 3 aromatic rings. The Morgan fingerprint density at radius 2 is 1.49 bits per heavy atom. The van der Waals surface area contributed by atoms with Crippen molar-refractivity contribution >= 4 is 46.9 Å². The van der Waals surface area contributed by atoms with Crippen LogP contribution in [0.1, 0.15) is 43.6 Å². The molecule has 192 valence electrons. The minimum absolute atomic E-state index is 0.0162. The predicted octanol–water partition coefficient (Wildman–Crippen LogP) is 5.47. The van der Waals surface area contributed by atoms with Crippen LogP contribution in [0.15, 0.2) is 71.6 Å². The number of halogens is 3. The molecule has 2 amide bonds. The van der Waals surface area contributed by atoms with Crippen LogP contribution in [-0.2, 0) is 11.0 Å². The van der Waals surface area contributed by atoms with Gasteiger partial charge >= 0.3 is 18.1 Å². The summed E-state index contributed by atoms with van der Waals surface area (Å²) in [6, 6.07) is 13.7. The fraction of sp³-hybridized carbons (Fsp3) is 0.120. The van der Waals surface area contributed by atoms with Crippen LogP contribution < -0.4 is 10.6 Å². The Kier molecular flexibility index (Phi) is 8.23. The van der Waals surface area contributed by atoms with Crippen LogP contribution in [0, 0.1) is 0 Å². The van der Waals surface area contributed by atoms with Crippen molar-refractivity contribution in [2.24, 2.45) is 0 Å². The zero-order valence-electron chi connectivity index (χ0n) is 19.0. The SMILES string of the molecule is CC(Sc1ccc(NC(=O)c2ccc(C(=O)O)cc2C(=O)O)cc1)C(=O)Nc1cccc(C(F)(F)F)c1. The number of thioether (sulfide) groups is 1. The van der Waals surface area contributed by atoms with E-state index in [0.29, 0.717) is 10.6 Å². The van der Waals surface area contributed by atoms with Crippen LogP contribution in [-0.4, -0.2) is 39.2 Å². The molecule has 0 spiro atoms. The van der Waals surface area contributed by atoms with Gasteiger partial charge in [-0.1, -0.05) is 6.07 Å². The number of anilines is 2. The average molecular weight is 532 g/mol. The molecule has 0 aliphatic rings. The minimum atomic E-state index is -4.53. The second kappa shape index (κ2) is 11.2. The summed E-state index contributed by atoms with van der Waals surface area (Å²) < 4.78 is 38.6. The highest BCUT2D eigenvalue weighted by molar-refractivity contribution is 8.00. The molecule has 3 rings (SSSR count). The lowest BCUT2D eigenvalue weighted by Crippen LogP contribution is -2.22. The Bertz CT molecular complexity index is 1360. The molecule has 0 radical (unpaired) electrons. The normalized spacial score (nSPS) is 11.9. The van der Waals surface area contributed by atoms with Crippen molar-refractivity contribution in [3.63, 3.8) is 0 Å². The lowest BCUT2D eigenvalue weighted by molar-refractivity contribution is -0.137. The van der Waals surface area contributed by atoms with Gasteiger partial charge in [0, 0.05) is 16.3 Å². The van der Waals surface area contributed by atoms with Gasteiger partial charge in [-0.3, -0.25) is 9.59 Å². The number of alkyl halides is 3. The number of hydrogen-bond donors (Lipinski definition) is 4. The molecule has 0 saturated heterocycles. The number of carboxylic acid groups (broad SMARTS) is 2. The second-order valence-corrected chi connectivity index (χ2v) is 9.09. The van der Waals surface area contributed by atoms with Crippen molar-refractivity contribution in [1.82, 2.24) is 0 Å². The quantitative estimate of drug-likeness (QED) is 0.283. The molecule has 3 aromatic carbocycles.